The van der Waals surface area contributed by atoms with Crippen LogP contribution in [0.15, 0.2) is 61.4 Å². The van der Waals surface area contributed by atoms with Crippen LogP contribution in [0, 0.1) is 6.92 Å². The monoisotopic (exact) mass is 385 g/mol. The normalized spacial score (nSPS) is 11.9. The van der Waals surface area contributed by atoms with Crippen molar-refractivity contribution in [3.63, 3.8) is 0 Å². The predicted octanol–water partition coefficient (Wildman–Crippen LogP) is 2.08. The number of rotatable bonds is 3. The zero-order chi connectivity index (χ0) is 19.3. The summed E-state index contributed by atoms with van der Waals surface area (Å²) in [5.74, 6) is -0.568. The standard InChI is InChI=1S/C18H15N3O5S/c1-10-7-11-3-4-12(8-14(11)19-17(10)22)20-27(24,25)13-5-6-15-16(9-13)26-18(23)21(15)2/h3-9,20H,1-2H3,(H,19,22). The van der Waals surface area contributed by atoms with E-state index in [4.69, 9.17) is 4.42 Å². The van der Waals surface area contributed by atoms with Gasteiger partial charge >= 0.3 is 5.76 Å². The molecule has 0 saturated heterocycles. The van der Waals surface area contributed by atoms with Crippen LogP contribution in [-0.2, 0) is 17.1 Å². The molecule has 0 unspecified atom stereocenters. The average molecular weight is 385 g/mol. The van der Waals surface area contributed by atoms with Crippen molar-refractivity contribution < 1.29 is 12.8 Å². The third-order valence-corrected chi connectivity index (χ3v) is 5.74. The maximum atomic E-state index is 12.7. The van der Waals surface area contributed by atoms with Crippen LogP contribution in [0.2, 0.25) is 0 Å². The highest BCUT2D eigenvalue weighted by Gasteiger charge is 2.17. The van der Waals surface area contributed by atoms with E-state index < -0.39 is 15.8 Å². The topological polar surface area (TPSA) is 114 Å². The molecule has 4 rings (SSSR count). The lowest BCUT2D eigenvalue weighted by molar-refractivity contribution is 0.527. The minimum Gasteiger partial charge on any atom is -0.408 e. The summed E-state index contributed by atoms with van der Waals surface area (Å²) in [6.45, 7) is 1.70. The van der Waals surface area contributed by atoms with Crippen LogP contribution in [-0.4, -0.2) is 18.0 Å². The summed E-state index contributed by atoms with van der Waals surface area (Å²) in [6, 6.07) is 10.8. The molecule has 0 amide bonds. The van der Waals surface area contributed by atoms with E-state index in [9.17, 15) is 18.0 Å². The Bertz CT molecular complexity index is 1430. The number of anilines is 1. The summed E-state index contributed by atoms with van der Waals surface area (Å²) in [5, 5.41) is 0.794. The zero-order valence-corrected chi connectivity index (χ0v) is 15.3. The van der Waals surface area contributed by atoms with E-state index in [1.54, 1.807) is 31.2 Å². The summed E-state index contributed by atoms with van der Waals surface area (Å²) in [5.41, 5.74) is 1.86. The SMILES string of the molecule is Cc1cc2ccc(NS(=O)(=O)c3ccc4c(c3)oc(=O)n4C)cc2[nH]c1=O. The number of hydrogen-bond donors (Lipinski definition) is 2. The molecule has 8 nitrogen and oxygen atoms in total. The highest BCUT2D eigenvalue weighted by Crippen LogP contribution is 2.23. The molecular weight excluding hydrogens is 370 g/mol. The van der Waals surface area contributed by atoms with E-state index in [0.717, 1.165) is 5.39 Å². The molecular formula is C18H15N3O5S. The first-order chi connectivity index (χ1) is 12.7. The zero-order valence-electron chi connectivity index (χ0n) is 14.4. The van der Waals surface area contributed by atoms with Crippen molar-refractivity contribution >= 4 is 37.7 Å². The van der Waals surface area contributed by atoms with Crippen molar-refractivity contribution in [3.8, 4) is 0 Å². The van der Waals surface area contributed by atoms with E-state index >= 15 is 0 Å². The number of aryl methyl sites for hydroxylation is 2. The van der Waals surface area contributed by atoms with E-state index in [1.165, 1.54) is 29.8 Å². The number of benzene rings is 2. The molecule has 2 aromatic carbocycles. The van der Waals surface area contributed by atoms with Gasteiger partial charge in [-0.05, 0) is 42.6 Å². The van der Waals surface area contributed by atoms with Crippen molar-refractivity contribution in [2.24, 2.45) is 7.05 Å². The Balaban J connectivity index is 1.74. The smallest absolute Gasteiger partial charge is 0.408 e. The van der Waals surface area contributed by atoms with Crippen LogP contribution in [0.4, 0.5) is 5.69 Å². The number of nitrogens with zero attached hydrogens (tertiary/aromatic N) is 1. The quantitative estimate of drug-likeness (QED) is 0.560. The first-order valence-corrected chi connectivity index (χ1v) is 9.49. The van der Waals surface area contributed by atoms with Gasteiger partial charge in [0, 0.05) is 18.7 Å². The second kappa shape index (κ2) is 5.85. The molecule has 0 aliphatic rings. The van der Waals surface area contributed by atoms with Gasteiger partial charge in [0.2, 0.25) is 0 Å². The van der Waals surface area contributed by atoms with Crippen LogP contribution in [0.25, 0.3) is 22.0 Å². The first kappa shape index (κ1) is 17.1. The Hall–Kier alpha value is -3.33. The lowest BCUT2D eigenvalue weighted by Gasteiger charge is -2.09. The fourth-order valence-corrected chi connectivity index (χ4v) is 3.93. The number of aromatic amines is 1. The lowest BCUT2D eigenvalue weighted by Crippen LogP contribution is -2.13. The summed E-state index contributed by atoms with van der Waals surface area (Å²) < 4.78 is 34.2. The van der Waals surface area contributed by atoms with Gasteiger partial charge in [0.15, 0.2) is 5.58 Å². The van der Waals surface area contributed by atoms with Gasteiger partial charge in [-0.2, -0.15) is 0 Å². The maximum absolute atomic E-state index is 12.7. The molecule has 138 valence electrons. The van der Waals surface area contributed by atoms with Crippen molar-refractivity contribution in [3.05, 3.63) is 68.9 Å². The molecule has 0 bridgehead atoms. The average Bonchev–Trinajstić information content (AvgIpc) is 2.90. The summed E-state index contributed by atoms with van der Waals surface area (Å²) in [4.78, 5) is 26.0. The lowest BCUT2D eigenvalue weighted by atomic mass is 10.1. The molecule has 2 aromatic heterocycles. The van der Waals surface area contributed by atoms with Crippen LogP contribution >= 0.6 is 0 Å². The Kier molecular flexibility index (Phi) is 3.70. The minimum absolute atomic E-state index is 0.0400. The molecule has 0 spiro atoms. The van der Waals surface area contributed by atoms with Crippen molar-refractivity contribution in [2.45, 2.75) is 11.8 Å². The van der Waals surface area contributed by atoms with Crippen molar-refractivity contribution in [2.75, 3.05) is 4.72 Å². The van der Waals surface area contributed by atoms with Crippen molar-refractivity contribution in [1.82, 2.24) is 9.55 Å². The molecule has 0 atom stereocenters. The highest BCUT2D eigenvalue weighted by molar-refractivity contribution is 7.92. The summed E-state index contributed by atoms with van der Waals surface area (Å²) in [6.07, 6.45) is 0. The van der Waals surface area contributed by atoms with Crippen LogP contribution in [0.3, 0.4) is 0 Å². The first-order valence-electron chi connectivity index (χ1n) is 8.01. The fourth-order valence-electron chi connectivity index (χ4n) is 2.87. The van der Waals surface area contributed by atoms with Crippen LogP contribution in [0.5, 0.6) is 0 Å². The number of fused-ring (bicyclic) bond motifs is 2. The van der Waals surface area contributed by atoms with Crippen LogP contribution < -0.4 is 16.0 Å². The molecule has 0 saturated carbocycles. The number of H-pyrrole nitrogens is 1. The number of aromatic nitrogens is 2. The Morgan fingerprint density at radius 2 is 1.85 bits per heavy atom. The fraction of sp³-hybridized carbons (Fsp3) is 0.111. The molecule has 27 heavy (non-hydrogen) atoms. The van der Waals surface area contributed by atoms with E-state index in [0.29, 0.717) is 22.3 Å². The molecule has 0 fully saturated rings. The molecule has 2 heterocycles. The highest BCUT2D eigenvalue weighted by atomic mass is 32.2. The van der Waals surface area contributed by atoms with Crippen LogP contribution in [0.1, 0.15) is 5.56 Å². The molecule has 0 radical (unpaired) electrons. The van der Waals surface area contributed by atoms with Crippen molar-refractivity contribution in [1.29, 1.82) is 0 Å². The second-order valence-electron chi connectivity index (χ2n) is 6.25. The number of sulfonamides is 1. The van der Waals surface area contributed by atoms with Gasteiger partial charge in [-0.3, -0.25) is 14.1 Å². The molecule has 2 N–H and O–H groups in total. The van der Waals surface area contributed by atoms with Gasteiger partial charge in [-0.25, -0.2) is 13.2 Å². The van der Waals surface area contributed by atoms with E-state index in [1.807, 2.05) is 0 Å². The largest absolute Gasteiger partial charge is 0.419 e. The van der Waals surface area contributed by atoms with E-state index in [-0.39, 0.29) is 16.0 Å². The molecule has 0 aliphatic carbocycles. The molecule has 0 aliphatic heterocycles. The third-order valence-electron chi connectivity index (χ3n) is 4.36. The third kappa shape index (κ3) is 2.91. The predicted molar refractivity (Wildman–Crippen MR) is 102 cm³/mol. The maximum Gasteiger partial charge on any atom is 0.419 e. The number of nitrogens with one attached hydrogen (secondary N) is 2. The minimum atomic E-state index is -3.91. The van der Waals surface area contributed by atoms with Gasteiger partial charge < -0.3 is 9.40 Å². The van der Waals surface area contributed by atoms with Gasteiger partial charge in [0.1, 0.15) is 0 Å². The van der Waals surface area contributed by atoms with Gasteiger partial charge in [-0.15, -0.1) is 0 Å². The second-order valence-corrected chi connectivity index (χ2v) is 7.93. The number of pyridine rings is 1. The van der Waals surface area contributed by atoms with Gasteiger partial charge in [0.05, 0.1) is 21.6 Å². The van der Waals surface area contributed by atoms with E-state index in [2.05, 4.69) is 9.71 Å². The van der Waals surface area contributed by atoms with Gasteiger partial charge in [-0.1, -0.05) is 6.07 Å². The number of hydrogen-bond acceptors (Lipinski definition) is 5. The summed E-state index contributed by atoms with van der Waals surface area (Å²) in [7, 11) is -2.37. The Labute approximate surface area is 153 Å². The molecule has 4 aromatic rings. The summed E-state index contributed by atoms with van der Waals surface area (Å²) >= 11 is 0. The number of oxazole rings is 1. The molecule has 9 heteroatoms. The Morgan fingerprint density at radius 1 is 1.07 bits per heavy atom. The van der Waals surface area contributed by atoms with Gasteiger partial charge in [0.25, 0.3) is 15.6 Å². The Morgan fingerprint density at radius 3 is 2.63 bits per heavy atom.